The van der Waals surface area contributed by atoms with Crippen molar-refractivity contribution in [3.63, 3.8) is 0 Å². The maximum Gasteiger partial charge on any atom is 0.189 e. The van der Waals surface area contributed by atoms with Gasteiger partial charge in [-0.3, -0.25) is 0 Å². The van der Waals surface area contributed by atoms with Crippen LogP contribution in [0.15, 0.2) is 29.6 Å². The second-order valence-corrected chi connectivity index (χ2v) is 5.36. The molecule has 0 spiro atoms. The van der Waals surface area contributed by atoms with E-state index in [4.69, 9.17) is 5.26 Å². The molecule has 1 N–H and O–H groups in total. The van der Waals surface area contributed by atoms with E-state index in [0.29, 0.717) is 5.56 Å². The molecule has 104 valence electrons. The highest BCUT2D eigenvalue weighted by molar-refractivity contribution is 7.13. The van der Waals surface area contributed by atoms with E-state index in [1.807, 2.05) is 30.1 Å². The lowest BCUT2D eigenvalue weighted by molar-refractivity contribution is 0.667. The van der Waals surface area contributed by atoms with E-state index in [0.717, 1.165) is 36.0 Å². The van der Waals surface area contributed by atoms with E-state index in [-0.39, 0.29) is 0 Å². The van der Waals surface area contributed by atoms with Crippen LogP contribution < -0.4 is 10.2 Å². The van der Waals surface area contributed by atoms with Gasteiger partial charge in [-0.15, -0.1) is 11.3 Å². The van der Waals surface area contributed by atoms with Crippen LogP contribution in [0, 0.1) is 11.3 Å². The molecular formula is C15H18N4S. The van der Waals surface area contributed by atoms with Crippen molar-refractivity contribution >= 4 is 22.2 Å². The first kappa shape index (κ1) is 14.5. The molecule has 20 heavy (non-hydrogen) atoms. The average molecular weight is 286 g/mol. The van der Waals surface area contributed by atoms with Crippen LogP contribution in [0.2, 0.25) is 0 Å². The molecule has 0 saturated carbocycles. The highest BCUT2D eigenvalue weighted by Gasteiger charge is 2.09. The maximum absolute atomic E-state index is 8.95. The topological polar surface area (TPSA) is 52.0 Å². The molecule has 0 atom stereocenters. The average Bonchev–Trinajstić information content (AvgIpc) is 2.95. The highest BCUT2D eigenvalue weighted by atomic mass is 32.1. The number of hydrogen-bond donors (Lipinski definition) is 1. The first-order chi connectivity index (χ1) is 9.74. The zero-order valence-electron chi connectivity index (χ0n) is 11.8. The molecule has 0 fully saturated rings. The van der Waals surface area contributed by atoms with E-state index >= 15 is 0 Å². The van der Waals surface area contributed by atoms with Gasteiger partial charge in [-0.1, -0.05) is 13.0 Å². The van der Waals surface area contributed by atoms with Crippen molar-refractivity contribution in [2.45, 2.75) is 19.9 Å². The van der Waals surface area contributed by atoms with Crippen molar-refractivity contribution in [1.29, 1.82) is 5.26 Å². The van der Waals surface area contributed by atoms with Crippen LogP contribution >= 0.6 is 11.3 Å². The normalized spacial score (nSPS) is 10.2. The SMILES string of the molecule is CCCNCc1csc(N(C)c2cccc(C#N)c2)n1. The van der Waals surface area contributed by atoms with Crippen LogP contribution in [0.25, 0.3) is 0 Å². The molecule has 0 radical (unpaired) electrons. The van der Waals surface area contributed by atoms with Crippen molar-refractivity contribution in [3.05, 3.63) is 40.9 Å². The lowest BCUT2D eigenvalue weighted by Gasteiger charge is -2.15. The molecule has 0 amide bonds. The van der Waals surface area contributed by atoms with Crippen molar-refractivity contribution in [3.8, 4) is 6.07 Å². The van der Waals surface area contributed by atoms with Crippen molar-refractivity contribution in [1.82, 2.24) is 10.3 Å². The van der Waals surface area contributed by atoms with Gasteiger partial charge in [-0.05, 0) is 31.2 Å². The van der Waals surface area contributed by atoms with Crippen LogP contribution in [0.5, 0.6) is 0 Å². The molecule has 1 heterocycles. The number of rotatable bonds is 6. The molecule has 0 saturated heterocycles. The van der Waals surface area contributed by atoms with Crippen molar-refractivity contribution in [2.24, 2.45) is 0 Å². The summed E-state index contributed by atoms with van der Waals surface area (Å²) in [5, 5.41) is 15.3. The van der Waals surface area contributed by atoms with Gasteiger partial charge < -0.3 is 10.2 Å². The van der Waals surface area contributed by atoms with E-state index in [9.17, 15) is 0 Å². The number of hydrogen-bond acceptors (Lipinski definition) is 5. The Balaban J connectivity index is 2.09. The van der Waals surface area contributed by atoms with E-state index in [1.165, 1.54) is 0 Å². The predicted molar refractivity (Wildman–Crippen MR) is 83.3 cm³/mol. The smallest absolute Gasteiger partial charge is 0.189 e. The number of nitrogens with zero attached hydrogens (tertiary/aromatic N) is 3. The Labute approximate surface area is 123 Å². The summed E-state index contributed by atoms with van der Waals surface area (Å²) in [5.41, 5.74) is 2.70. The molecule has 0 aliphatic heterocycles. The minimum absolute atomic E-state index is 0.663. The van der Waals surface area contributed by atoms with Crippen LogP contribution in [-0.4, -0.2) is 18.6 Å². The molecule has 1 aromatic heterocycles. The summed E-state index contributed by atoms with van der Waals surface area (Å²) < 4.78 is 0. The monoisotopic (exact) mass is 286 g/mol. The fourth-order valence-electron chi connectivity index (χ4n) is 1.82. The number of nitriles is 1. The number of nitrogens with one attached hydrogen (secondary N) is 1. The number of thiazole rings is 1. The lowest BCUT2D eigenvalue weighted by Crippen LogP contribution is -2.14. The Morgan fingerprint density at radius 2 is 2.30 bits per heavy atom. The Morgan fingerprint density at radius 3 is 3.05 bits per heavy atom. The molecule has 0 bridgehead atoms. The number of aromatic nitrogens is 1. The quantitative estimate of drug-likeness (QED) is 0.828. The fourth-order valence-corrected chi connectivity index (χ4v) is 2.63. The van der Waals surface area contributed by atoms with Crippen LogP contribution in [0.3, 0.4) is 0 Å². The van der Waals surface area contributed by atoms with Crippen molar-refractivity contribution < 1.29 is 0 Å². The van der Waals surface area contributed by atoms with Crippen LogP contribution in [0.4, 0.5) is 10.8 Å². The van der Waals surface area contributed by atoms with Gasteiger partial charge in [0, 0.05) is 24.7 Å². The van der Waals surface area contributed by atoms with Crippen LogP contribution in [0.1, 0.15) is 24.6 Å². The molecule has 0 unspecified atom stereocenters. The molecule has 2 rings (SSSR count). The molecule has 5 heteroatoms. The van der Waals surface area contributed by atoms with E-state index in [2.05, 4.69) is 28.7 Å². The Kier molecular flexibility index (Phi) is 5.10. The highest BCUT2D eigenvalue weighted by Crippen LogP contribution is 2.27. The summed E-state index contributed by atoms with van der Waals surface area (Å²) in [7, 11) is 1.97. The third-order valence-electron chi connectivity index (χ3n) is 2.92. The minimum atomic E-state index is 0.663. The maximum atomic E-state index is 8.95. The van der Waals surface area contributed by atoms with Gasteiger partial charge in [-0.2, -0.15) is 5.26 Å². The van der Waals surface area contributed by atoms with E-state index < -0.39 is 0 Å². The molecular weight excluding hydrogens is 268 g/mol. The lowest BCUT2D eigenvalue weighted by atomic mass is 10.2. The molecule has 2 aromatic rings. The van der Waals surface area contributed by atoms with Crippen molar-refractivity contribution in [2.75, 3.05) is 18.5 Å². The molecule has 0 aliphatic carbocycles. The van der Waals surface area contributed by atoms with Gasteiger partial charge in [0.15, 0.2) is 5.13 Å². The molecule has 4 nitrogen and oxygen atoms in total. The fraction of sp³-hybridized carbons (Fsp3) is 0.333. The number of anilines is 2. The summed E-state index contributed by atoms with van der Waals surface area (Å²) in [6.45, 7) is 3.96. The zero-order chi connectivity index (χ0) is 14.4. The molecule has 1 aromatic carbocycles. The van der Waals surface area contributed by atoms with E-state index in [1.54, 1.807) is 17.4 Å². The Morgan fingerprint density at radius 1 is 1.45 bits per heavy atom. The standard InChI is InChI=1S/C15H18N4S/c1-3-7-17-10-13-11-20-15(18-13)19(2)14-6-4-5-12(8-14)9-16/h4-6,8,11,17H,3,7,10H2,1-2H3. The first-order valence-electron chi connectivity index (χ1n) is 6.63. The van der Waals surface area contributed by atoms with Crippen LogP contribution in [-0.2, 0) is 6.54 Å². The Hall–Kier alpha value is -1.90. The third kappa shape index (κ3) is 3.56. The molecule has 0 aliphatic rings. The minimum Gasteiger partial charge on any atom is -0.321 e. The second-order valence-electron chi connectivity index (χ2n) is 4.52. The predicted octanol–water partition coefficient (Wildman–Crippen LogP) is 3.28. The second kappa shape index (κ2) is 7.04. The van der Waals surface area contributed by atoms with Gasteiger partial charge >= 0.3 is 0 Å². The third-order valence-corrected chi connectivity index (χ3v) is 3.89. The van der Waals surface area contributed by atoms with Gasteiger partial charge in [0.1, 0.15) is 0 Å². The zero-order valence-corrected chi connectivity index (χ0v) is 12.6. The number of benzene rings is 1. The largest absolute Gasteiger partial charge is 0.321 e. The summed E-state index contributed by atoms with van der Waals surface area (Å²) >= 11 is 1.62. The van der Waals surface area contributed by atoms with Gasteiger partial charge in [0.05, 0.1) is 17.3 Å². The summed E-state index contributed by atoms with van der Waals surface area (Å²) in [5.74, 6) is 0. The summed E-state index contributed by atoms with van der Waals surface area (Å²) in [6, 6.07) is 9.71. The van der Waals surface area contributed by atoms with Gasteiger partial charge in [0.2, 0.25) is 0 Å². The summed E-state index contributed by atoms with van der Waals surface area (Å²) in [4.78, 5) is 6.62. The Bertz CT molecular complexity index is 600. The first-order valence-corrected chi connectivity index (χ1v) is 7.51. The summed E-state index contributed by atoms with van der Waals surface area (Å²) in [6.07, 6.45) is 1.12. The van der Waals surface area contributed by atoms with Gasteiger partial charge in [0.25, 0.3) is 0 Å². The van der Waals surface area contributed by atoms with Gasteiger partial charge in [-0.25, -0.2) is 4.98 Å².